The molecule has 0 aliphatic carbocycles. The SMILES string of the molecule is CCCCOCCOc1csc(C=O)c1. The predicted octanol–water partition coefficient (Wildman–Crippen LogP) is 2.76. The molecule has 0 bridgehead atoms. The number of rotatable bonds is 8. The molecule has 84 valence electrons. The minimum Gasteiger partial charge on any atom is -0.490 e. The maximum absolute atomic E-state index is 10.4. The highest BCUT2D eigenvalue weighted by atomic mass is 32.1. The van der Waals surface area contributed by atoms with Crippen LogP contribution in [0.5, 0.6) is 5.75 Å². The average Bonchev–Trinajstić information content (AvgIpc) is 2.71. The Bertz CT molecular complexity index is 283. The molecule has 1 aromatic rings. The quantitative estimate of drug-likeness (QED) is 0.507. The minimum atomic E-state index is 0.540. The van der Waals surface area contributed by atoms with Gasteiger partial charge < -0.3 is 9.47 Å². The zero-order valence-electron chi connectivity index (χ0n) is 8.90. The van der Waals surface area contributed by atoms with Crippen molar-refractivity contribution in [1.82, 2.24) is 0 Å². The average molecular weight is 228 g/mol. The van der Waals surface area contributed by atoms with E-state index in [0.717, 1.165) is 31.5 Å². The topological polar surface area (TPSA) is 35.5 Å². The van der Waals surface area contributed by atoms with Crippen LogP contribution in [0, 0.1) is 0 Å². The fourth-order valence-corrected chi connectivity index (χ4v) is 1.67. The van der Waals surface area contributed by atoms with Gasteiger partial charge in [-0.3, -0.25) is 4.79 Å². The summed E-state index contributed by atoms with van der Waals surface area (Å²) >= 11 is 1.39. The third-order valence-electron chi connectivity index (χ3n) is 1.85. The number of unbranched alkanes of at least 4 members (excludes halogenated alkanes) is 1. The summed E-state index contributed by atoms with van der Waals surface area (Å²) in [7, 11) is 0. The van der Waals surface area contributed by atoms with Crippen LogP contribution < -0.4 is 4.74 Å². The predicted molar refractivity (Wildman–Crippen MR) is 60.9 cm³/mol. The molecule has 0 saturated heterocycles. The maximum atomic E-state index is 10.4. The Morgan fingerprint density at radius 2 is 2.27 bits per heavy atom. The van der Waals surface area contributed by atoms with Crippen LogP contribution in [0.15, 0.2) is 11.4 Å². The van der Waals surface area contributed by atoms with Gasteiger partial charge in [0.2, 0.25) is 0 Å². The first-order chi connectivity index (χ1) is 7.36. The second kappa shape index (κ2) is 7.43. The number of hydrogen-bond acceptors (Lipinski definition) is 4. The molecule has 1 rings (SSSR count). The molecule has 0 radical (unpaired) electrons. The number of ether oxygens (including phenoxy) is 2. The van der Waals surface area contributed by atoms with Crippen LogP contribution in [0.4, 0.5) is 0 Å². The van der Waals surface area contributed by atoms with Gasteiger partial charge in [-0.1, -0.05) is 13.3 Å². The highest BCUT2D eigenvalue weighted by Gasteiger charge is 1.98. The number of aldehydes is 1. The molecule has 0 aliphatic heterocycles. The zero-order chi connectivity index (χ0) is 10.9. The summed E-state index contributed by atoms with van der Waals surface area (Å²) in [6.45, 7) is 4.07. The fourth-order valence-electron chi connectivity index (χ4n) is 1.04. The summed E-state index contributed by atoms with van der Waals surface area (Å²) < 4.78 is 10.7. The van der Waals surface area contributed by atoms with Crippen LogP contribution in [0.2, 0.25) is 0 Å². The Hall–Kier alpha value is -0.870. The van der Waals surface area contributed by atoms with Gasteiger partial charge in [0.05, 0.1) is 11.5 Å². The third-order valence-corrected chi connectivity index (χ3v) is 2.69. The van der Waals surface area contributed by atoms with Crippen molar-refractivity contribution >= 4 is 17.6 Å². The molecule has 0 aromatic carbocycles. The molecule has 1 aromatic heterocycles. The number of carbonyl (C=O) groups excluding carboxylic acids is 1. The van der Waals surface area contributed by atoms with Crippen molar-refractivity contribution in [2.24, 2.45) is 0 Å². The second-order valence-corrected chi connectivity index (χ2v) is 4.06. The van der Waals surface area contributed by atoms with Gasteiger partial charge in [0.1, 0.15) is 12.4 Å². The lowest BCUT2D eigenvalue weighted by atomic mass is 10.4. The van der Waals surface area contributed by atoms with E-state index in [4.69, 9.17) is 9.47 Å². The molecule has 0 amide bonds. The molecule has 4 heteroatoms. The van der Waals surface area contributed by atoms with E-state index in [9.17, 15) is 4.79 Å². The molecule has 1 heterocycles. The van der Waals surface area contributed by atoms with Gasteiger partial charge in [0.25, 0.3) is 0 Å². The van der Waals surface area contributed by atoms with E-state index in [-0.39, 0.29) is 0 Å². The normalized spacial score (nSPS) is 10.2. The molecular weight excluding hydrogens is 212 g/mol. The Labute approximate surface area is 94.0 Å². The van der Waals surface area contributed by atoms with Crippen LogP contribution in [0.1, 0.15) is 29.4 Å². The Balaban J connectivity index is 2.07. The summed E-state index contributed by atoms with van der Waals surface area (Å²) in [5.74, 6) is 0.751. The zero-order valence-corrected chi connectivity index (χ0v) is 9.72. The molecule has 3 nitrogen and oxygen atoms in total. The molecule has 0 aliphatic rings. The molecule has 0 saturated carbocycles. The van der Waals surface area contributed by atoms with Gasteiger partial charge in [-0.25, -0.2) is 0 Å². The van der Waals surface area contributed by atoms with Gasteiger partial charge in [-0.15, -0.1) is 11.3 Å². The van der Waals surface area contributed by atoms with Crippen LogP contribution in [-0.2, 0) is 4.74 Å². The number of hydrogen-bond donors (Lipinski definition) is 0. The van der Waals surface area contributed by atoms with E-state index in [1.54, 1.807) is 6.07 Å². The smallest absolute Gasteiger partial charge is 0.160 e. The number of carbonyl (C=O) groups is 1. The van der Waals surface area contributed by atoms with Crippen LogP contribution >= 0.6 is 11.3 Å². The van der Waals surface area contributed by atoms with E-state index in [2.05, 4.69) is 6.92 Å². The van der Waals surface area contributed by atoms with E-state index >= 15 is 0 Å². The Morgan fingerprint density at radius 3 is 2.93 bits per heavy atom. The monoisotopic (exact) mass is 228 g/mol. The summed E-state index contributed by atoms with van der Waals surface area (Å²) in [6.07, 6.45) is 3.07. The first kappa shape index (κ1) is 12.2. The molecule has 0 spiro atoms. The van der Waals surface area contributed by atoms with Crippen LogP contribution in [-0.4, -0.2) is 26.1 Å². The van der Waals surface area contributed by atoms with Crippen molar-refractivity contribution in [3.63, 3.8) is 0 Å². The number of thiophene rings is 1. The molecule has 0 unspecified atom stereocenters. The van der Waals surface area contributed by atoms with E-state index < -0.39 is 0 Å². The van der Waals surface area contributed by atoms with Gasteiger partial charge in [-0.2, -0.15) is 0 Å². The van der Waals surface area contributed by atoms with Gasteiger partial charge in [0.15, 0.2) is 6.29 Å². The third kappa shape index (κ3) is 4.95. The molecule has 15 heavy (non-hydrogen) atoms. The van der Waals surface area contributed by atoms with Gasteiger partial charge in [0, 0.05) is 18.1 Å². The lowest BCUT2D eigenvalue weighted by Crippen LogP contribution is -2.06. The van der Waals surface area contributed by atoms with E-state index in [1.807, 2.05) is 5.38 Å². The van der Waals surface area contributed by atoms with Crippen molar-refractivity contribution < 1.29 is 14.3 Å². The molecular formula is C11H16O3S. The van der Waals surface area contributed by atoms with Crippen LogP contribution in [0.3, 0.4) is 0 Å². The first-order valence-electron chi connectivity index (χ1n) is 5.11. The standard InChI is InChI=1S/C11H16O3S/c1-2-3-4-13-5-6-14-10-7-11(8-12)15-9-10/h7-9H,2-6H2,1H3. The molecule has 0 N–H and O–H groups in total. The minimum absolute atomic E-state index is 0.540. The van der Waals surface area contributed by atoms with Crippen molar-refractivity contribution in [2.75, 3.05) is 19.8 Å². The molecule has 0 atom stereocenters. The Morgan fingerprint density at radius 1 is 1.40 bits per heavy atom. The lowest BCUT2D eigenvalue weighted by Gasteiger charge is -2.04. The van der Waals surface area contributed by atoms with E-state index in [0.29, 0.717) is 18.1 Å². The van der Waals surface area contributed by atoms with Crippen molar-refractivity contribution in [3.05, 3.63) is 16.3 Å². The fraction of sp³-hybridized carbons (Fsp3) is 0.545. The Kier molecular flexibility index (Phi) is 6.04. The van der Waals surface area contributed by atoms with Gasteiger partial charge >= 0.3 is 0 Å². The van der Waals surface area contributed by atoms with Crippen molar-refractivity contribution in [3.8, 4) is 5.75 Å². The second-order valence-electron chi connectivity index (χ2n) is 3.12. The largest absolute Gasteiger partial charge is 0.490 e. The van der Waals surface area contributed by atoms with Crippen molar-refractivity contribution in [2.45, 2.75) is 19.8 Å². The molecule has 0 fully saturated rings. The summed E-state index contributed by atoms with van der Waals surface area (Å²) in [6, 6.07) is 1.74. The summed E-state index contributed by atoms with van der Waals surface area (Å²) in [5.41, 5.74) is 0. The van der Waals surface area contributed by atoms with Gasteiger partial charge in [-0.05, 0) is 6.42 Å². The highest BCUT2D eigenvalue weighted by molar-refractivity contribution is 7.11. The maximum Gasteiger partial charge on any atom is 0.160 e. The van der Waals surface area contributed by atoms with Crippen molar-refractivity contribution in [1.29, 1.82) is 0 Å². The van der Waals surface area contributed by atoms with E-state index in [1.165, 1.54) is 11.3 Å². The van der Waals surface area contributed by atoms with Crippen LogP contribution in [0.25, 0.3) is 0 Å². The highest BCUT2D eigenvalue weighted by Crippen LogP contribution is 2.19. The summed E-state index contributed by atoms with van der Waals surface area (Å²) in [5, 5.41) is 1.83. The first-order valence-corrected chi connectivity index (χ1v) is 5.99. The summed E-state index contributed by atoms with van der Waals surface area (Å²) in [4.78, 5) is 11.1. The lowest BCUT2D eigenvalue weighted by molar-refractivity contribution is 0.0982.